The molecular formula is C25H26FN7O. The number of aromatic nitrogens is 3. The maximum Gasteiger partial charge on any atom is 0.260 e. The molecule has 4 rings (SSSR count). The summed E-state index contributed by atoms with van der Waals surface area (Å²) in [6.45, 7) is 4.09. The number of H-pyrrole nitrogens is 1. The van der Waals surface area contributed by atoms with Gasteiger partial charge in [-0.3, -0.25) is 20.4 Å². The molecule has 0 aliphatic rings. The Balaban J connectivity index is 1.57. The minimum absolute atomic E-state index is 0.229. The second-order valence-corrected chi connectivity index (χ2v) is 7.83. The van der Waals surface area contributed by atoms with Crippen molar-refractivity contribution in [2.24, 2.45) is 4.99 Å². The van der Waals surface area contributed by atoms with Crippen LogP contribution >= 0.6 is 0 Å². The zero-order chi connectivity index (χ0) is 24.1. The Bertz CT molecular complexity index is 1340. The quantitative estimate of drug-likeness (QED) is 0.255. The number of halogens is 1. The molecule has 0 aliphatic carbocycles. The molecule has 34 heavy (non-hydrogen) atoms. The van der Waals surface area contributed by atoms with E-state index in [-0.39, 0.29) is 17.7 Å². The van der Waals surface area contributed by atoms with Crippen molar-refractivity contribution in [2.75, 3.05) is 24.2 Å². The minimum Gasteiger partial charge on any atom is -0.387 e. The number of fused-ring (bicyclic) bond motifs is 1. The van der Waals surface area contributed by atoms with Crippen LogP contribution < -0.4 is 16.0 Å². The van der Waals surface area contributed by atoms with E-state index < -0.39 is 0 Å². The van der Waals surface area contributed by atoms with Crippen LogP contribution in [0.3, 0.4) is 0 Å². The number of aliphatic imine (C=N–C) groups is 1. The molecule has 0 spiro atoms. The van der Waals surface area contributed by atoms with Crippen LogP contribution in [0.5, 0.6) is 0 Å². The van der Waals surface area contributed by atoms with Crippen LogP contribution in [0.4, 0.5) is 16.0 Å². The zero-order valence-corrected chi connectivity index (χ0v) is 19.2. The predicted octanol–water partition coefficient (Wildman–Crippen LogP) is 4.20. The fourth-order valence-corrected chi connectivity index (χ4v) is 3.72. The van der Waals surface area contributed by atoms with E-state index in [1.807, 2.05) is 38.2 Å². The Morgan fingerprint density at radius 1 is 1.09 bits per heavy atom. The lowest BCUT2D eigenvalue weighted by Crippen LogP contribution is -2.37. The topological polar surface area (TPSA) is 107 Å². The lowest BCUT2D eigenvalue weighted by atomic mass is 10.1. The fraction of sp³-hybridized carbons (Fsp3) is 0.200. The molecular weight excluding hydrogens is 433 g/mol. The van der Waals surface area contributed by atoms with Crippen LogP contribution in [-0.4, -0.2) is 40.4 Å². The highest BCUT2D eigenvalue weighted by atomic mass is 19.1. The molecule has 8 nitrogen and oxygen atoms in total. The molecule has 0 saturated carbocycles. The number of amides is 1. The van der Waals surface area contributed by atoms with E-state index in [0.29, 0.717) is 30.2 Å². The van der Waals surface area contributed by atoms with Crippen LogP contribution in [0.15, 0.2) is 59.7 Å². The molecule has 2 aromatic heterocycles. The number of carbonyl (C=O) groups is 1. The third kappa shape index (κ3) is 5.37. The van der Waals surface area contributed by atoms with E-state index in [0.717, 1.165) is 27.9 Å². The van der Waals surface area contributed by atoms with Gasteiger partial charge in [-0.25, -0.2) is 14.4 Å². The molecule has 2 aromatic carbocycles. The summed E-state index contributed by atoms with van der Waals surface area (Å²) < 4.78 is 13.7. The normalized spacial score (nSPS) is 11.5. The van der Waals surface area contributed by atoms with Crippen molar-refractivity contribution in [3.63, 3.8) is 0 Å². The van der Waals surface area contributed by atoms with Crippen molar-refractivity contribution in [1.82, 2.24) is 20.3 Å². The zero-order valence-electron chi connectivity index (χ0n) is 19.2. The van der Waals surface area contributed by atoms with Crippen molar-refractivity contribution in [1.29, 1.82) is 0 Å². The van der Waals surface area contributed by atoms with Gasteiger partial charge in [-0.05, 0) is 62.2 Å². The lowest BCUT2D eigenvalue weighted by Gasteiger charge is -2.13. The van der Waals surface area contributed by atoms with Gasteiger partial charge in [-0.15, -0.1) is 0 Å². The second-order valence-electron chi connectivity index (χ2n) is 7.83. The number of para-hydroxylation sites is 1. The Hall–Kier alpha value is -4.27. The first kappa shape index (κ1) is 22.9. The molecule has 0 fully saturated rings. The van der Waals surface area contributed by atoms with E-state index in [9.17, 15) is 9.18 Å². The maximum atomic E-state index is 13.7. The van der Waals surface area contributed by atoms with E-state index in [1.165, 1.54) is 12.1 Å². The summed E-state index contributed by atoms with van der Waals surface area (Å²) in [6, 6.07) is 13.7. The number of hydrogen-bond acceptors (Lipinski definition) is 5. The summed E-state index contributed by atoms with van der Waals surface area (Å²) in [7, 11) is 1.76. The molecule has 0 saturated heterocycles. The summed E-state index contributed by atoms with van der Waals surface area (Å²) in [6.07, 6.45) is 2.40. The highest BCUT2D eigenvalue weighted by molar-refractivity contribution is 6.11. The van der Waals surface area contributed by atoms with Crippen LogP contribution in [0.1, 0.15) is 27.3 Å². The van der Waals surface area contributed by atoms with Gasteiger partial charge in [0, 0.05) is 47.8 Å². The van der Waals surface area contributed by atoms with E-state index >= 15 is 0 Å². The Labute approximate surface area is 196 Å². The van der Waals surface area contributed by atoms with Crippen molar-refractivity contribution in [2.45, 2.75) is 20.3 Å². The van der Waals surface area contributed by atoms with Gasteiger partial charge in [0.15, 0.2) is 0 Å². The van der Waals surface area contributed by atoms with Crippen molar-refractivity contribution >= 4 is 34.4 Å². The van der Waals surface area contributed by atoms with Crippen molar-refractivity contribution in [3.05, 3.63) is 83.1 Å². The molecule has 0 atom stereocenters. The molecule has 0 unspecified atom stereocenters. The molecule has 4 N–H and O–H groups in total. The number of aryl methyl sites for hydroxylation is 2. The van der Waals surface area contributed by atoms with Crippen LogP contribution in [0, 0.1) is 19.7 Å². The number of guanidine groups is 1. The molecule has 2 heterocycles. The molecule has 174 valence electrons. The third-order valence-electron chi connectivity index (χ3n) is 5.27. The number of hydrogen-bond donors (Lipinski definition) is 4. The highest BCUT2D eigenvalue weighted by Gasteiger charge is 2.14. The van der Waals surface area contributed by atoms with Gasteiger partial charge in [0.05, 0.1) is 5.56 Å². The van der Waals surface area contributed by atoms with E-state index in [4.69, 9.17) is 0 Å². The molecule has 9 heteroatoms. The number of carbonyl (C=O) groups excluding carboxylic acids is 1. The average molecular weight is 460 g/mol. The second kappa shape index (κ2) is 10.1. The summed E-state index contributed by atoms with van der Waals surface area (Å²) >= 11 is 0. The standard InChI is InChI=1S/C25H26FN7O/c1-15-12-16(2)31-25(30-15)33-24(32-23(34)19-6-4-5-7-21(19)27-3)28-11-10-17-14-29-22-9-8-18(26)13-20(17)22/h4-9,12-14,27,29H,10-11H2,1-3H3,(H2,28,30,31,32,33,34). The Kier molecular flexibility index (Phi) is 6.82. The van der Waals surface area contributed by atoms with Gasteiger partial charge in [-0.2, -0.15) is 0 Å². The molecule has 1 amide bonds. The molecule has 0 bridgehead atoms. The van der Waals surface area contributed by atoms with Gasteiger partial charge >= 0.3 is 0 Å². The predicted molar refractivity (Wildman–Crippen MR) is 133 cm³/mol. The van der Waals surface area contributed by atoms with E-state index in [1.54, 1.807) is 25.2 Å². The van der Waals surface area contributed by atoms with Gasteiger partial charge in [0.1, 0.15) is 5.82 Å². The van der Waals surface area contributed by atoms with Gasteiger partial charge in [0.25, 0.3) is 5.91 Å². The minimum atomic E-state index is -0.324. The number of benzene rings is 2. The van der Waals surface area contributed by atoms with E-state index in [2.05, 4.69) is 35.9 Å². The number of aromatic amines is 1. The Morgan fingerprint density at radius 2 is 1.85 bits per heavy atom. The summed E-state index contributed by atoms with van der Waals surface area (Å²) in [5.74, 6) is -0.0454. The first-order chi connectivity index (χ1) is 16.4. The first-order valence-electron chi connectivity index (χ1n) is 10.9. The SMILES string of the molecule is CNc1ccccc1C(=O)NC(=NCCc1c[nH]c2ccc(F)cc12)Nc1nc(C)cc(C)n1. The Morgan fingerprint density at radius 3 is 2.62 bits per heavy atom. The van der Waals surface area contributed by atoms with Crippen LogP contribution in [0.2, 0.25) is 0 Å². The first-order valence-corrected chi connectivity index (χ1v) is 10.9. The number of nitrogens with zero attached hydrogens (tertiary/aromatic N) is 3. The third-order valence-corrected chi connectivity index (χ3v) is 5.27. The van der Waals surface area contributed by atoms with Gasteiger partial charge < -0.3 is 10.3 Å². The smallest absolute Gasteiger partial charge is 0.260 e. The highest BCUT2D eigenvalue weighted by Crippen LogP contribution is 2.20. The summed E-state index contributed by atoms with van der Waals surface area (Å²) in [4.78, 5) is 29.5. The summed E-state index contributed by atoms with van der Waals surface area (Å²) in [5, 5.41) is 9.70. The van der Waals surface area contributed by atoms with Gasteiger partial charge in [-0.1, -0.05) is 12.1 Å². The van der Waals surface area contributed by atoms with Gasteiger partial charge in [0.2, 0.25) is 11.9 Å². The van der Waals surface area contributed by atoms with Crippen LogP contribution in [-0.2, 0) is 6.42 Å². The average Bonchev–Trinajstić information content (AvgIpc) is 3.20. The van der Waals surface area contributed by atoms with Crippen molar-refractivity contribution in [3.8, 4) is 0 Å². The number of anilines is 2. The summed E-state index contributed by atoms with van der Waals surface area (Å²) in [5.41, 5.74) is 4.56. The number of rotatable bonds is 6. The monoisotopic (exact) mass is 459 g/mol. The molecule has 0 aliphatic heterocycles. The molecule has 4 aromatic rings. The number of nitrogens with one attached hydrogen (secondary N) is 4. The lowest BCUT2D eigenvalue weighted by molar-refractivity contribution is 0.0977. The maximum absolute atomic E-state index is 13.7. The molecule has 0 radical (unpaired) electrons. The van der Waals surface area contributed by atoms with Crippen molar-refractivity contribution < 1.29 is 9.18 Å². The van der Waals surface area contributed by atoms with Crippen LogP contribution in [0.25, 0.3) is 10.9 Å². The largest absolute Gasteiger partial charge is 0.387 e. The fourth-order valence-electron chi connectivity index (χ4n) is 3.72.